The number of piperazine rings is 1. The number of halogens is 3. The summed E-state index contributed by atoms with van der Waals surface area (Å²) in [6.45, 7) is 4.98. The molecule has 2 aliphatic heterocycles. The van der Waals surface area contributed by atoms with Crippen molar-refractivity contribution in [3.63, 3.8) is 0 Å². The number of anilines is 1. The van der Waals surface area contributed by atoms with Crippen LogP contribution in [0.2, 0.25) is 0 Å². The number of aryl methyl sites for hydroxylation is 1. The Morgan fingerprint density at radius 3 is 2.59 bits per heavy atom. The van der Waals surface area contributed by atoms with E-state index in [-0.39, 0.29) is 16.0 Å². The number of alkyl halides is 3. The molecule has 4 aromatic rings. The molecule has 3 fully saturated rings. The highest BCUT2D eigenvalue weighted by Gasteiger charge is 2.48. The molecule has 1 aliphatic carbocycles. The number of sulfonamides is 1. The molecule has 0 radical (unpaired) electrons. The summed E-state index contributed by atoms with van der Waals surface area (Å²) in [4.78, 5) is 26.6. The van der Waals surface area contributed by atoms with E-state index >= 15 is 0 Å². The zero-order valence-electron chi connectivity index (χ0n) is 25.6. The minimum atomic E-state index is -4.25. The summed E-state index contributed by atoms with van der Waals surface area (Å²) < 4.78 is 71.2. The van der Waals surface area contributed by atoms with Crippen LogP contribution in [0.4, 0.5) is 19.0 Å². The van der Waals surface area contributed by atoms with E-state index < -0.39 is 22.6 Å². The quantitative estimate of drug-likeness (QED) is 0.255. The second-order valence-electron chi connectivity index (χ2n) is 13.2. The predicted octanol–water partition coefficient (Wildman–Crippen LogP) is 4.52. The first-order valence-corrected chi connectivity index (χ1v) is 18.4. The van der Waals surface area contributed by atoms with Crippen LogP contribution in [0.5, 0.6) is 0 Å². The van der Waals surface area contributed by atoms with E-state index in [9.17, 15) is 26.4 Å². The highest BCUT2D eigenvalue weighted by Crippen LogP contribution is 2.54. The van der Waals surface area contributed by atoms with Crippen molar-refractivity contribution in [2.24, 2.45) is 11.3 Å². The van der Waals surface area contributed by atoms with Crippen LogP contribution in [-0.2, 0) is 29.4 Å². The highest BCUT2D eigenvalue weighted by molar-refractivity contribution is 7.88. The van der Waals surface area contributed by atoms with Crippen LogP contribution >= 0.6 is 11.3 Å². The zero-order chi connectivity index (χ0) is 32.3. The van der Waals surface area contributed by atoms with Crippen molar-refractivity contribution in [2.75, 3.05) is 57.0 Å². The number of rotatable bonds is 9. The number of hydrogen-bond donors (Lipinski definition) is 0. The molecule has 1 aromatic carbocycles. The van der Waals surface area contributed by atoms with E-state index in [1.54, 1.807) is 10.6 Å². The summed E-state index contributed by atoms with van der Waals surface area (Å²) in [6.07, 6.45) is 2.71. The molecule has 0 bridgehead atoms. The van der Waals surface area contributed by atoms with Crippen LogP contribution in [0.15, 0.2) is 39.8 Å². The smallest absolute Gasteiger partial charge is 0.408 e. The van der Waals surface area contributed by atoms with Gasteiger partial charge in [0.05, 0.1) is 23.6 Å². The first-order valence-electron chi connectivity index (χ1n) is 15.7. The average Bonchev–Trinajstić information content (AvgIpc) is 3.67. The second-order valence-corrected chi connectivity index (χ2v) is 16.3. The number of oxazole rings is 1. The lowest BCUT2D eigenvalue weighted by molar-refractivity contribution is -0.126. The summed E-state index contributed by atoms with van der Waals surface area (Å²) in [7, 11) is -3.19. The van der Waals surface area contributed by atoms with E-state index in [2.05, 4.69) is 25.8 Å². The van der Waals surface area contributed by atoms with Crippen molar-refractivity contribution in [1.82, 2.24) is 23.7 Å². The molecule has 0 atom stereocenters. The van der Waals surface area contributed by atoms with Gasteiger partial charge in [0.25, 0.3) is 0 Å². The van der Waals surface area contributed by atoms with E-state index in [1.165, 1.54) is 16.9 Å². The normalized spacial score (nSPS) is 23.2. The van der Waals surface area contributed by atoms with Gasteiger partial charge < -0.3 is 9.32 Å². The maximum atomic E-state index is 13.0. The van der Waals surface area contributed by atoms with Crippen LogP contribution in [-0.4, -0.2) is 90.4 Å². The Morgan fingerprint density at radius 2 is 1.85 bits per heavy atom. The van der Waals surface area contributed by atoms with Gasteiger partial charge in [0.2, 0.25) is 10.0 Å². The average molecular weight is 679 g/mol. The van der Waals surface area contributed by atoms with Gasteiger partial charge >= 0.3 is 11.9 Å². The summed E-state index contributed by atoms with van der Waals surface area (Å²) in [5.74, 6) is 0.956. The van der Waals surface area contributed by atoms with Crippen molar-refractivity contribution < 1.29 is 26.0 Å². The number of fused-ring (bicyclic) bond motifs is 2. The van der Waals surface area contributed by atoms with Gasteiger partial charge in [0.15, 0.2) is 5.58 Å². The van der Waals surface area contributed by atoms with Crippen molar-refractivity contribution in [3.05, 3.63) is 51.6 Å². The minimum absolute atomic E-state index is 0.217. The third-order valence-corrected chi connectivity index (χ3v) is 12.3. The van der Waals surface area contributed by atoms with Gasteiger partial charge in [-0.2, -0.15) is 17.5 Å². The van der Waals surface area contributed by atoms with Crippen molar-refractivity contribution >= 4 is 48.5 Å². The van der Waals surface area contributed by atoms with Crippen molar-refractivity contribution in [2.45, 2.75) is 51.2 Å². The maximum Gasteiger partial charge on any atom is 0.419 e. The Morgan fingerprint density at radius 1 is 1.07 bits per heavy atom. The fourth-order valence-electron chi connectivity index (χ4n) is 7.62. The molecule has 248 valence electrons. The first kappa shape index (κ1) is 31.6. The molecule has 15 heteroatoms. The van der Waals surface area contributed by atoms with E-state index in [1.807, 2.05) is 12.1 Å². The van der Waals surface area contributed by atoms with Crippen LogP contribution in [0.3, 0.4) is 0 Å². The van der Waals surface area contributed by atoms with Crippen LogP contribution in [0.25, 0.3) is 21.3 Å². The Labute approximate surface area is 268 Å². The minimum Gasteiger partial charge on any atom is -0.408 e. The molecule has 46 heavy (non-hydrogen) atoms. The molecule has 1 saturated carbocycles. The van der Waals surface area contributed by atoms with E-state index in [0.717, 1.165) is 73.4 Å². The van der Waals surface area contributed by atoms with Gasteiger partial charge in [0.1, 0.15) is 17.0 Å². The van der Waals surface area contributed by atoms with Gasteiger partial charge in [0, 0.05) is 57.2 Å². The van der Waals surface area contributed by atoms with Gasteiger partial charge in [-0.05, 0) is 67.2 Å². The Balaban J connectivity index is 0.936. The number of benzene rings is 1. The molecule has 0 amide bonds. The first-order chi connectivity index (χ1) is 21.8. The highest BCUT2D eigenvalue weighted by atomic mass is 32.2. The summed E-state index contributed by atoms with van der Waals surface area (Å²) in [5.41, 5.74) is 2.73. The van der Waals surface area contributed by atoms with Gasteiger partial charge in [-0.15, -0.1) is 11.3 Å². The maximum absolute atomic E-state index is 13.0. The Bertz CT molecular complexity index is 1910. The second kappa shape index (κ2) is 11.9. The standard InChI is InChI=1S/C31H37F3N6O4S2/c1-46(42,43)39-11-8-37(9-12-39)10-13-40-25-14-21(4-5-26(25)44-29(40)41)2-3-22-16-30(17-22)6-7-38(19-30)27-24-15-23(18-31(32,33)34)45-28(24)36-20-35-27/h4-5,14-15,20,22H,2-3,6-13,16-19H2,1H3. The third-order valence-electron chi connectivity index (χ3n) is 9.93. The summed E-state index contributed by atoms with van der Waals surface area (Å²) in [6, 6.07) is 7.56. The number of thiophene rings is 1. The monoisotopic (exact) mass is 678 g/mol. The van der Waals surface area contributed by atoms with Crippen LogP contribution < -0.4 is 10.7 Å². The molecule has 0 unspecified atom stereocenters. The molecule has 10 nitrogen and oxygen atoms in total. The fraction of sp³-hybridized carbons (Fsp3) is 0.581. The molecular weight excluding hydrogens is 642 g/mol. The SMILES string of the molecule is CS(=O)(=O)N1CCN(CCn2c(=O)oc3ccc(CCC4CC5(CCN(c6ncnc7sc(CC(F)(F)F)cc67)C5)C4)cc32)CC1. The number of aromatic nitrogens is 3. The third kappa shape index (κ3) is 6.56. The number of nitrogens with zero attached hydrogens (tertiary/aromatic N) is 6. The topological polar surface area (TPSA) is 105 Å². The van der Waals surface area contributed by atoms with Gasteiger partial charge in [-0.3, -0.25) is 9.47 Å². The Kier molecular flexibility index (Phi) is 8.17. The van der Waals surface area contributed by atoms with E-state index in [4.69, 9.17) is 4.42 Å². The summed E-state index contributed by atoms with van der Waals surface area (Å²) in [5, 5.41) is 0.710. The molecule has 0 N–H and O–H groups in total. The predicted molar refractivity (Wildman–Crippen MR) is 171 cm³/mol. The molecular formula is C31H37F3N6O4S2. The molecule has 7 rings (SSSR count). The fourth-order valence-corrected chi connectivity index (χ4v) is 9.47. The van der Waals surface area contributed by atoms with E-state index in [0.29, 0.717) is 61.0 Å². The molecule has 2 saturated heterocycles. The molecule has 3 aliphatic rings. The van der Waals surface area contributed by atoms with Crippen LogP contribution in [0, 0.1) is 11.3 Å². The lowest BCUT2D eigenvalue weighted by atomic mass is 9.60. The lowest BCUT2D eigenvalue weighted by Gasteiger charge is -2.45. The van der Waals surface area contributed by atoms with Crippen molar-refractivity contribution in [3.8, 4) is 0 Å². The summed E-state index contributed by atoms with van der Waals surface area (Å²) >= 11 is 1.09. The zero-order valence-corrected chi connectivity index (χ0v) is 27.3. The van der Waals surface area contributed by atoms with Crippen LogP contribution in [0.1, 0.15) is 36.1 Å². The van der Waals surface area contributed by atoms with Gasteiger partial charge in [-0.1, -0.05) is 6.07 Å². The molecule has 3 aromatic heterocycles. The van der Waals surface area contributed by atoms with Crippen molar-refractivity contribution in [1.29, 1.82) is 0 Å². The van der Waals surface area contributed by atoms with Gasteiger partial charge in [-0.25, -0.2) is 23.2 Å². The lowest BCUT2D eigenvalue weighted by Crippen LogP contribution is -2.49. The molecule has 1 spiro atoms. The number of hydrogen-bond acceptors (Lipinski definition) is 9. The Hall–Kier alpha value is -3.01. The molecule has 5 heterocycles. The largest absolute Gasteiger partial charge is 0.419 e.